The third kappa shape index (κ3) is 9.18. The lowest BCUT2D eigenvalue weighted by Gasteiger charge is -2.30. The molecule has 0 spiro atoms. The maximum atomic E-state index is 12.3. The molecule has 0 saturated heterocycles. The summed E-state index contributed by atoms with van der Waals surface area (Å²) < 4.78 is 5.51. The second kappa shape index (κ2) is 13.6. The molecule has 164 valence electrons. The number of carbonyl (C=O) groups is 1. The number of nitrogens with one attached hydrogen (secondary N) is 3. The summed E-state index contributed by atoms with van der Waals surface area (Å²) in [6.07, 6.45) is 6.68. The van der Waals surface area contributed by atoms with E-state index in [2.05, 4.69) is 32.9 Å². The van der Waals surface area contributed by atoms with Gasteiger partial charge in [-0.1, -0.05) is 19.4 Å². The van der Waals surface area contributed by atoms with E-state index < -0.39 is 0 Å². The van der Waals surface area contributed by atoms with Crippen LogP contribution in [-0.2, 0) is 11.3 Å². The molecule has 0 radical (unpaired) electrons. The highest BCUT2D eigenvalue weighted by molar-refractivity contribution is 14.0. The number of hydrogen-bond donors (Lipinski definition) is 3. The number of aromatic nitrogens is 1. The van der Waals surface area contributed by atoms with E-state index in [0.29, 0.717) is 19.0 Å². The molecule has 1 amide bonds. The Morgan fingerprint density at radius 2 is 2.14 bits per heavy atom. The summed E-state index contributed by atoms with van der Waals surface area (Å²) in [6, 6.07) is 4.33. The van der Waals surface area contributed by atoms with E-state index in [9.17, 15) is 4.79 Å². The first kappa shape index (κ1) is 25.5. The number of aliphatic imine (C=N–C) groups is 1. The number of ether oxygens (including phenoxy) is 1. The molecule has 1 aliphatic carbocycles. The lowest BCUT2D eigenvalue weighted by atomic mass is 9.85. The third-order valence-corrected chi connectivity index (χ3v) is 4.75. The Balaban J connectivity index is 0.00000420. The zero-order chi connectivity index (χ0) is 20.4. The minimum Gasteiger partial charge on any atom is -0.478 e. The summed E-state index contributed by atoms with van der Waals surface area (Å²) in [6.45, 7) is 7.38. The van der Waals surface area contributed by atoms with Gasteiger partial charge in [0.25, 0.3) is 0 Å². The van der Waals surface area contributed by atoms with E-state index in [4.69, 9.17) is 4.74 Å². The van der Waals surface area contributed by atoms with Crippen molar-refractivity contribution in [1.82, 2.24) is 20.9 Å². The lowest BCUT2D eigenvalue weighted by molar-refractivity contribution is -0.126. The van der Waals surface area contributed by atoms with Gasteiger partial charge in [-0.2, -0.15) is 0 Å². The second-order valence-electron chi connectivity index (χ2n) is 7.65. The minimum atomic E-state index is 0. The number of hydrogen-bond acceptors (Lipinski definition) is 4. The second-order valence-corrected chi connectivity index (χ2v) is 7.65. The highest BCUT2D eigenvalue weighted by atomic mass is 127. The molecule has 2 unspecified atom stereocenters. The van der Waals surface area contributed by atoms with E-state index >= 15 is 0 Å². The average Bonchev–Trinajstić information content (AvgIpc) is 2.70. The molecular formula is C21H36IN5O2. The fourth-order valence-corrected chi connectivity index (χ4v) is 3.34. The molecule has 7 nitrogen and oxygen atoms in total. The van der Waals surface area contributed by atoms with Crippen molar-refractivity contribution in [2.24, 2.45) is 10.9 Å². The van der Waals surface area contributed by atoms with Gasteiger partial charge in [-0.25, -0.2) is 4.98 Å². The molecule has 1 aromatic rings. The summed E-state index contributed by atoms with van der Waals surface area (Å²) in [4.78, 5) is 21.0. The predicted octanol–water partition coefficient (Wildman–Crippen LogP) is 3.24. The normalized spacial score (nSPS) is 19.3. The van der Waals surface area contributed by atoms with E-state index in [1.165, 1.54) is 0 Å². The van der Waals surface area contributed by atoms with Crippen LogP contribution in [-0.4, -0.2) is 42.6 Å². The van der Waals surface area contributed by atoms with Gasteiger partial charge in [0.05, 0.1) is 6.61 Å². The van der Waals surface area contributed by atoms with Gasteiger partial charge in [0.15, 0.2) is 5.96 Å². The maximum absolute atomic E-state index is 12.3. The quantitative estimate of drug-likeness (QED) is 0.280. The molecule has 1 aliphatic rings. The van der Waals surface area contributed by atoms with Crippen molar-refractivity contribution in [3.8, 4) is 5.88 Å². The molecular weight excluding hydrogens is 481 g/mol. The van der Waals surface area contributed by atoms with E-state index in [-0.39, 0.29) is 47.9 Å². The van der Waals surface area contributed by atoms with Crippen LogP contribution in [0, 0.1) is 5.92 Å². The van der Waals surface area contributed by atoms with Crippen LogP contribution in [0.2, 0.25) is 0 Å². The molecule has 1 aromatic heterocycles. The molecule has 0 aliphatic heterocycles. The Labute approximate surface area is 191 Å². The number of halogens is 1. The van der Waals surface area contributed by atoms with Crippen LogP contribution in [0.1, 0.15) is 58.4 Å². The summed E-state index contributed by atoms with van der Waals surface area (Å²) in [5.74, 6) is 1.65. The Hall–Kier alpha value is -1.58. The lowest BCUT2D eigenvalue weighted by Crippen LogP contribution is -2.47. The van der Waals surface area contributed by atoms with Crippen molar-refractivity contribution in [2.45, 2.75) is 71.5 Å². The number of guanidine groups is 1. The van der Waals surface area contributed by atoms with Gasteiger partial charge >= 0.3 is 0 Å². The fraction of sp³-hybridized carbons (Fsp3) is 0.667. The zero-order valence-corrected chi connectivity index (χ0v) is 20.4. The van der Waals surface area contributed by atoms with Gasteiger partial charge in [0.2, 0.25) is 11.8 Å². The van der Waals surface area contributed by atoms with Crippen LogP contribution in [0.3, 0.4) is 0 Å². The maximum Gasteiger partial charge on any atom is 0.223 e. The van der Waals surface area contributed by atoms with E-state index in [1.807, 2.05) is 32.2 Å². The van der Waals surface area contributed by atoms with Gasteiger partial charge < -0.3 is 20.7 Å². The summed E-state index contributed by atoms with van der Waals surface area (Å²) in [5, 5.41) is 9.83. The Morgan fingerprint density at radius 3 is 2.76 bits per heavy atom. The first-order valence-electron chi connectivity index (χ1n) is 10.4. The Morgan fingerprint density at radius 1 is 1.34 bits per heavy atom. The van der Waals surface area contributed by atoms with Crippen LogP contribution in [0.25, 0.3) is 0 Å². The van der Waals surface area contributed by atoms with Gasteiger partial charge in [-0.15, -0.1) is 24.0 Å². The Bertz CT molecular complexity index is 636. The van der Waals surface area contributed by atoms with Crippen LogP contribution < -0.4 is 20.7 Å². The number of amides is 1. The van der Waals surface area contributed by atoms with Crippen molar-refractivity contribution in [3.63, 3.8) is 0 Å². The predicted molar refractivity (Wildman–Crippen MR) is 128 cm³/mol. The highest BCUT2D eigenvalue weighted by Gasteiger charge is 2.27. The van der Waals surface area contributed by atoms with E-state index in [0.717, 1.165) is 43.6 Å². The monoisotopic (exact) mass is 517 g/mol. The SMILES string of the molecule is CCCOc1ccc(CNC(=NC)NC2CCCC(C(=O)NC(C)C)C2)cn1.I. The van der Waals surface area contributed by atoms with Gasteiger partial charge in [0.1, 0.15) is 0 Å². The minimum absolute atomic E-state index is 0. The standard InChI is InChI=1S/C21H35N5O2.HI/c1-5-11-28-19-10-9-16(13-23-19)14-24-21(22-4)26-18-8-6-7-17(12-18)20(27)25-15(2)3;/h9-10,13,15,17-18H,5-8,11-12,14H2,1-4H3,(H,25,27)(H2,22,24,26);1H. The first-order chi connectivity index (χ1) is 13.5. The van der Waals surface area contributed by atoms with Crippen molar-refractivity contribution in [2.75, 3.05) is 13.7 Å². The molecule has 2 atom stereocenters. The highest BCUT2D eigenvalue weighted by Crippen LogP contribution is 2.24. The van der Waals surface area contributed by atoms with E-state index in [1.54, 1.807) is 7.05 Å². The van der Waals surface area contributed by atoms with Gasteiger partial charge in [-0.3, -0.25) is 9.79 Å². The number of carbonyl (C=O) groups excluding carboxylic acids is 1. The molecule has 2 rings (SSSR count). The molecule has 0 aromatic carbocycles. The zero-order valence-electron chi connectivity index (χ0n) is 18.0. The van der Waals surface area contributed by atoms with Crippen LogP contribution in [0.4, 0.5) is 0 Å². The van der Waals surface area contributed by atoms with Crippen molar-refractivity contribution >= 4 is 35.8 Å². The molecule has 1 heterocycles. The van der Waals surface area contributed by atoms with Crippen molar-refractivity contribution in [1.29, 1.82) is 0 Å². The molecule has 0 bridgehead atoms. The average molecular weight is 517 g/mol. The summed E-state index contributed by atoms with van der Waals surface area (Å²) in [7, 11) is 1.76. The van der Waals surface area contributed by atoms with Gasteiger partial charge in [0, 0.05) is 43.9 Å². The van der Waals surface area contributed by atoms with Crippen LogP contribution in [0.15, 0.2) is 23.3 Å². The van der Waals surface area contributed by atoms with Crippen LogP contribution in [0.5, 0.6) is 5.88 Å². The van der Waals surface area contributed by atoms with Gasteiger partial charge in [-0.05, 0) is 45.1 Å². The Kier molecular flexibility index (Phi) is 11.9. The fourth-order valence-electron chi connectivity index (χ4n) is 3.34. The molecule has 1 fully saturated rings. The number of nitrogens with zero attached hydrogens (tertiary/aromatic N) is 2. The summed E-state index contributed by atoms with van der Waals surface area (Å²) in [5.41, 5.74) is 1.06. The molecule has 29 heavy (non-hydrogen) atoms. The van der Waals surface area contributed by atoms with Crippen LogP contribution >= 0.6 is 24.0 Å². The van der Waals surface area contributed by atoms with Crippen molar-refractivity contribution in [3.05, 3.63) is 23.9 Å². The summed E-state index contributed by atoms with van der Waals surface area (Å²) >= 11 is 0. The van der Waals surface area contributed by atoms with Crippen molar-refractivity contribution < 1.29 is 9.53 Å². The smallest absolute Gasteiger partial charge is 0.223 e. The molecule has 1 saturated carbocycles. The molecule has 8 heteroatoms. The topological polar surface area (TPSA) is 87.6 Å². The number of rotatable bonds is 8. The number of pyridine rings is 1. The third-order valence-electron chi connectivity index (χ3n) is 4.75. The molecule has 3 N–H and O–H groups in total. The largest absolute Gasteiger partial charge is 0.478 e. The first-order valence-corrected chi connectivity index (χ1v) is 10.4.